The fraction of sp³-hybridized carbons (Fsp3) is 0.188. The quantitative estimate of drug-likeness (QED) is 0.589. The molecule has 138 valence electrons. The van der Waals surface area contributed by atoms with Gasteiger partial charge in [-0.05, 0) is 31.2 Å². The number of carbonyl (C=O) groups is 1. The Morgan fingerprint density at radius 3 is 2.58 bits per heavy atom. The number of nitro benzene ring substituents is 1. The molecule has 0 fully saturated rings. The molecule has 2 aromatic carbocycles. The highest BCUT2D eigenvalue weighted by molar-refractivity contribution is 6.05. The van der Waals surface area contributed by atoms with Crippen molar-refractivity contribution in [2.24, 2.45) is 0 Å². The van der Waals surface area contributed by atoms with Crippen molar-refractivity contribution in [3.8, 4) is 5.75 Å². The monoisotopic (exact) mass is 369 g/mol. The third-order valence-electron chi connectivity index (χ3n) is 3.15. The van der Waals surface area contributed by atoms with E-state index in [1.807, 2.05) is 0 Å². The van der Waals surface area contributed by atoms with Gasteiger partial charge in [-0.25, -0.2) is 0 Å². The summed E-state index contributed by atoms with van der Waals surface area (Å²) < 4.78 is 40.5. The molecule has 1 amide bonds. The van der Waals surface area contributed by atoms with Crippen LogP contribution in [0.2, 0.25) is 0 Å². The second kappa shape index (κ2) is 7.72. The van der Waals surface area contributed by atoms with Crippen molar-refractivity contribution < 1.29 is 27.6 Å². The predicted molar refractivity (Wildman–Crippen MR) is 88.3 cm³/mol. The zero-order valence-corrected chi connectivity index (χ0v) is 13.5. The van der Waals surface area contributed by atoms with Crippen LogP contribution < -0.4 is 15.4 Å². The van der Waals surface area contributed by atoms with Crippen LogP contribution in [-0.4, -0.2) is 23.7 Å². The van der Waals surface area contributed by atoms with Gasteiger partial charge in [-0.1, -0.05) is 6.07 Å². The predicted octanol–water partition coefficient (Wildman–Crippen LogP) is 4.18. The van der Waals surface area contributed by atoms with Crippen LogP contribution in [0.5, 0.6) is 5.75 Å². The van der Waals surface area contributed by atoms with Crippen LogP contribution in [0.4, 0.5) is 30.2 Å². The maximum Gasteiger partial charge on any atom is 0.573 e. The Balaban J connectivity index is 2.21. The number of nitro groups is 1. The van der Waals surface area contributed by atoms with Crippen LogP contribution in [0.15, 0.2) is 42.5 Å². The van der Waals surface area contributed by atoms with Crippen LogP contribution in [-0.2, 0) is 0 Å². The summed E-state index contributed by atoms with van der Waals surface area (Å²) in [5, 5.41) is 16.3. The van der Waals surface area contributed by atoms with Crippen LogP contribution in [0.3, 0.4) is 0 Å². The average molecular weight is 369 g/mol. The molecular weight excluding hydrogens is 355 g/mol. The molecule has 0 aliphatic carbocycles. The lowest BCUT2D eigenvalue weighted by Crippen LogP contribution is -2.17. The number of amides is 1. The summed E-state index contributed by atoms with van der Waals surface area (Å²) >= 11 is 0. The van der Waals surface area contributed by atoms with Gasteiger partial charge in [0.15, 0.2) is 0 Å². The number of carbonyl (C=O) groups excluding carboxylic acids is 1. The minimum atomic E-state index is -4.86. The van der Waals surface area contributed by atoms with Crippen molar-refractivity contribution in [1.82, 2.24) is 0 Å². The van der Waals surface area contributed by atoms with Gasteiger partial charge in [0, 0.05) is 29.9 Å². The highest BCUT2D eigenvalue weighted by Crippen LogP contribution is 2.27. The average Bonchev–Trinajstić information content (AvgIpc) is 2.54. The molecule has 0 aliphatic rings. The van der Waals surface area contributed by atoms with Gasteiger partial charge >= 0.3 is 6.36 Å². The first kappa shape index (κ1) is 19.0. The molecule has 2 N–H and O–H groups in total. The van der Waals surface area contributed by atoms with Gasteiger partial charge in [0.25, 0.3) is 11.6 Å². The normalized spacial score (nSPS) is 10.9. The van der Waals surface area contributed by atoms with E-state index < -0.39 is 22.9 Å². The van der Waals surface area contributed by atoms with E-state index in [0.717, 1.165) is 18.2 Å². The van der Waals surface area contributed by atoms with E-state index in [1.54, 1.807) is 6.92 Å². The maximum atomic E-state index is 12.2. The number of nitrogens with one attached hydrogen (secondary N) is 2. The van der Waals surface area contributed by atoms with E-state index in [9.17, 15) is 28.1 Å². The molecule has 10 heteroatoms. The summed E-state index contributed by atoms with van der Waals surface area (Å²) in [5.74, 6) is -1.20. The minimum absolute atomic E-state index is 0.0134. The van der Waals surface area contributed by atoms with Gasteiger partial charge in [0.05, 0.1) is 4.92 Å². The number of hydrogen-bond donors (Lipinski definition) is 2. The molecule has 0 radical (unpaired) electrons. The van der Waals surface area contributed by atoms with Crippen LogP contribution in [0.1, 0.15) is 17.3 Å². The SMILES string of the molecule is CCNc1ccc(C(=O)Nc2cccc(OC(F)(F)F)c2)cc1[N+](=O)[O-]. The van der Waals surface area contributed by atoms with E-state index >= 15 is 0 Å². The number of rotatable bonds is 6. The Morgan fingerprint density at radius 1 is 1.23 bits per heavy atom. The Bertz CT molecular complexity index is 825. The van der Waals surface area contributed by atoms with Crippen molar-refractivity contribution in [3.05, 3.63) is 58.1 Å². The molecule has 0 bridgehead atoms. The molecule has 0 aliphatic heterocycles. The van der Waals surface area contributed by atoms with Crippen molar-refractivity contribution in [2.45, 2.75) is 13.3 Å². The molecule has 0 aromatic heterocycles. The number of benzene rings is 2. The number of nitrogens with zero attached hydrogens (tertiary/aromatic N) is 1. The number of hydrogen-bond acceptors (Lipinski definition) is 5. The smallest absolute Gasteiger partial charge is 0.406 e. The molecule has 0 heterocycles. The lowest BCUT2D eigenvalue weighted by molar-refractivity contribution is -0.384. The van der Waals surface area contributed by atoms with Gasteiger partial charge in [0.1, 0.15) is 11.4 Å². The fourth-order valence-electron chi connectivity index (χ4n) is 2.14. The third-order valence-corrected chi connectivity index (χ3v) is 3.15. The molecular formula is C16H14F3N3O4. The van der Waals surface area contributed by atoms with Gasteiger partial charge < -0.3 is 15.4 Å². The first-order valence-corrected chi connectivity index (χ1v) is 7.39. The molecule has 0 unspecified atom stereocenters. The molecule has 2 aromatic rings. The Labute approximate surface area is 145 Å². The second-order valence-electron chi connectivity index (χ2n) is 5.05. The van der Waals surface area contributed by atoms with Crippen LogP contribution >= 0.6 is 0 Å². The van der Waals surface area contributed by atoms with Crippen molar-refractivity contribution >= 4 is 23.0 Å². The molecule has 7 nitrogen and oxygen atoms in total. The molecule has 2 rings (SSSR count). The maximum absolute atomic E-state index is 12.2. The molecule has 0 atom stereocenters. The van der Waals surface area contributed by atoms with E-state index in [0.29, 0.717) is 6.54 Å². The number of anilines is 2. The summed E-state index contributed by atoms with van der Waals surface area (Å²) in [6.07, 6.45) is -4.86. The third kappa shape index (κ3) is 5.10. The highest BCUT2D eigenvalue weighted by atomic mass is 19.4. The van der Waals surface area contributed by atoms with Gasteiger partial charge in [-0.15, -0.1) is 13.2 Å². The van der Waals surface area contributed by atoms with Gasteiger partial charge in [-0.2, -0.15) is 0 Å². The summed E-state index contributed by atoms with van der Waals surface area (Å²) in [4.78, 5) is 22.7. The zero-order valence-electron chi connectivity index (χ0n) is 13.5. The van der Waals surface area contributed by atoms with Crippen LogP contribution in [0.25, 0.3) is 0 Å². The molecule has 0 spiro atoms. The van der Waals surface area contributed by atoms with Crippen molar-refractivity contribution in [2.75, 3.05) is 17.2 Å². The lowest BCUT2D eigenvalue weighted by atomic mass is 10.1. The summed E-state index contributed by atoms with van der Waals surface area (Å²) in [5.41, 5.74) is 0.0129. The topological polar surface area (TPSA) is 93.5 Å². The van der Waals surface area contributed by atoms with Gasteiger partial charge in [0.2, 0.25) is 0 Å². The number of ether oxygens (including phenoxy) is 1. The highest BCUT2D eigenvalue weighted by Gasteiger charge is 2.31. The first-order valence-electron chi connectivity index (χ1n) is 7.39. The van der Waals surface area contributed by atoms with Crippen LogP contribution in [0, 0.1) is 10.1 Å². The number of alkyl halides is 3. The Kier molecular flexibility index (Phi) is 5.65. The first-order chi connectivity index (χ1) is 12.2. The van der Waals surface area contributed by atoms with Gasteiger partial charge in [-0.3, -0.25) is 14.9 Å². The second-order valence-corrected chi connectivity index (χ2v) is 5.05. The fourth-order valence-corrected chi connectivity index (χ4v) is 2.14. The molecule has 0 saturated heterocycles. The standard InChI is InChI=1S/C16H14F3N3O4/c1-2-20-13-7-6-10(8-14(13)22(24)25)15(23)21-11-4-3-5-12(9-11)26-16(17,18)19/h3-9,20H,2H2,1H3,(H,21,23). The summed E-state index contributed by atoms with van der Waals surface area (Å²) in [7, 11) is 0. The summed E-state index contributed by atoms with van der Waals surface area (Å²) in [6.45, 7) is 2.22. The Hall–Kier alpha value is -3.30. The van der Waals surface area contributed by atoms with Crippen molar-refractivity contribution in [3.63, 3.8) is 0 Å². The Morgan fingerprint density at radius 2 is 1.96 bits per heavy atom. The molecule has 0 saturated carbocycles. The van der Waals surface area contributed by atoms with E-state index in [-0.39, 0.29) is 22.6 Å². The lowest BCUT2D eigenvalue weighted by Gasteiger charge is -2.11. The zero-order chi connectivity index (χ0) is 19.3. The largest absolute Gasteiger partial charge is 0.573 e. The van der Waals surface area contributed by atoms with E-state index in [1.165, 1.54) is 24.3 Å². The summed E-state index contributed by atoms with van der Waals surface area (Å²) in [6, 6.07) is 8.56. The van der Waals surface area contributed by atoms with E-state index in [2.05, 4.69) is 15.4 Å². The number of halogens is 3. The molecule has 26 heavy (non-hydrogen) atoms. The van der Waals surface area contributed by atoms with E-state index in [4.69, 9.17) is 0 Å². The minimum Gasteiger partial charge on any atom is -0.406 e. The van der Waals surface area contributed by atoms with Crippen molar-refractivity contribution in [1.29, 1.82) is 0 Å².